The molecule has 2 atom stereocenters. The molecule has 2 unspecified atom stereocenters. The number of carboxylic acids is 1. The predicted octanol–water partition coefficient (Wildman–Crippen LogP) is 4.36. The third kappa shape index (κ3) is 7.20. The average molecular weight is 642 g/mol. The standard InChI is InChI=1S/C27H30Cl2N4O8S/c28-21-10-9-20(15-22(21)29)42(40,41)32-13-12-31(24(34)11-8-17-4-1-2-5-17)27(32)26(37)30-23(16-25(35)36)18-6-3-7-19(14-18)33(38)39/h3,6-7,9-10,14-15,17,23,27H,1-2,4-5,8,11-13,16H2,(H,30,37)(H,35,36). The minimum absolute atomic E-state index is 0.0189. The number of hydrogen-bond donors (Lipinski definition) is 2. The number of nitro groups is 1. The molecule has 1 saturated heterocycles. The number of nitro benzene ring substituents is 1. The summed E-state index contributed by atoms with van der Waals surface area (Å²) in [6.45, 7) is -0.265. The minimum Gasteiger partial charge on any atom is -0.481 e. The molecule has 0 spiro atoms. The van der Waals surface area contributed by atoms with Crippen molar-refractivity contribution < 1.29 is 32.8 Å². The van der Waals surface area contributed by atoms with Crippen molar-refractivity contribution in [3.63, 3.8) is 0 Å². The van der Waals surface area contributed by atoms with E-state index < -0.39 is 51.4 Å². The van der Waals surface area contributed by atoms with E-state index in [2.05, 4.69) is 5.32 Å². The molecule has 15 heteroatoms. The number of rotatable bonds is 11. The maximum Gasteiger partial charge on any atom is 0.305 e. The van der Waals surface area contributed by atoms with Gasteiger partial charge in [0.1, 0.15) is 0 Å². The zero-order chi connectivity index (χ0) is 30.6. The van der Waals surface area contributed by atoms with Gasteiger partial charge in [0.15, 0.2) is 6.17 Å². The molecule has 12 nitrogen and oxygen atoms in total. The Bertz CT molecular complexity index is 1480. The van der Waals surface area contributed by atoms with E-state index in [0.717, 1.165) is 42.1 Å². The fraction of sp³-hybridized carbons (Fsp3) is 0.444. The Morgan fingerprint density at radius 1 is 1.07 bits per heavy atom. The summed E-state index contributed by atoms with van der Waals surface area (Å²) in [5, 5.41) is 23.5. The van der Waals surface area contributed by atoms with E-state index >= 15 is 0 Å². The number of nitrogens with one attached hydrogen (secondary N) is 1. The van der Waals surface area contributed by atoms with Gasteiger partial charge in [0.05, 0.1) is 32.3 Å². The quantitative estimate of drug-likeness (QED) is 0.270. The lowest BCUT2D eigenvalue weighted by molar-refractivity contribution is -0.384. The van der Waals surface area contributed by atoms with Crippen molar-refractivity contribution in [2.24, 2.45) is 5.92 Å². The Morgan fingerprint density at radius 3 is 2.43 bits per heavy atom. The summed E-state index contributed by atoms with van der Waals surface area (Å²) in [5.74, 6) is -2.26. The minimum atomic E-state index is -4.38. The largest absolute Gasteiger partial charge is 0.481 e. The molecule has 1 aliphatic heterocycles. The molecule has 42 heavy (non-hydrogen) atoms. The van der Waals surface area contributed by atoms with Crippen LogP contribution in [0.3, 0.4) is 0 Å². The number of aliphatic carboxylic acids is 1. The van der Waals surface area contributed by atoms with Gasteiger partial charge in [-0.3, -0.25) is 24.5 Å². The highest BCUT2D eigenvalue weighted by Gasteiger charge is 2.47. The van der Waals surface area contributed by atoms with E-state index in [1.807, 2.05) is 0 Å². The van der Waals surface area contributed by atoms with Crippen LogP contribution in [-0.4, -0.2) is 64.7 Å². The van der Waals surface area contributed by atoms with E-state index in [-0.39, 0.29) is 45.7 Å². The van der Waals surface area contributed by atoms with Crippen LogP contribution in [-0.2, 0) is 24.4 Å². The van der Waals surface area contributed by atoms with Crippen LogP contribution in [0, 0.1) is 16.0 Å². The summed E-state index contributed by atoms with van der Waals surface area (Å²) in [5.41, 5.74) is -0.179. The highest BCUT2D eigenvalue weighted by atomic mass is 35.5. The molecule has 2 amide bonds. The molecule has 1 saturated carbocycles. The van der Waals surface area contributed by atoms with Crippen LogP contribution < -0.4 is 5.32 Å². The van der Waals surface area contributed by atoms with Gasteiger partial charge in [-0.2, -0.15) is 4.31 Å². The zero-order valence-electron chi connectivity index (χ0n) is 22.4. The average Bonchev–Trinajstić information content (AvgIpc) is 3.63. The van der Waals surface area contributed by atoms with Crippen molar-refractivity contribution in [1.82, 2.24) is 14.5 Å². The summed E-state index contributed by atoms with van der Waals surface area (Å²) in [6, 6.07) is 7.56. The number of amides is 2. The number of carboxylic acid groups (broad SMARTS) is 1. The second kappa shape index (κ2) is 13.4. The van der Waals surface area contributed by atoms with Crippen molar-refractivity contribution in [2.45, 2.75) is 62.0 Å². The molecule has 0 bridgehead atoms. The van der Waals surface area contributed by atoms with Crippen LogP contribution in [0.2, 0.25) is 10.0 Å². The van der Waals surface area contributed by atoms with E-state index in [4.69, 9.17) is 23.2 Å². The van der Waals surface area contributed by atoms with Gasteiger partial charge in [-0.05, 0) is 36.1 Å². The fourth-order valence-corrected chi connectivity index (χ4v) is 7.40. The number of non-ortho nitro benzene ring substituents is 1. The van der Waals surface area contributed by atoms with Crippen LogP contribution >= 0.6 is 23.2 Å². The van der Waals surface area contributed by atoms with E-state index in [9.17, 15) is 38.0 Å². The summed E-state index contributed by atoms with van der Waals surface area (Å²) in [4.78, 5) is 50.5. The maximum atomic E-state index is 13.8. The zero-order valence-corrected chi connectivity index (χ0v) is 24.8. The van der Waals surface area contributed by atoms with Crippen molar-refractivity contribution in [3.05, 3.63) is 68.2 Å². The normalized spacial score (nSPS) is 18.6. The van der Waals surface area contributed by atoms with Crippen molar-refractivity contribution in [1.29, 1.82) is 0 Å². The van der Waals surface area contributed by atoms with Crippen molar-refractivity contribution in [2.75, 3.05) is 13.1 Å². The number of halogens is 2. The van der Waals surface area contributed by atoms with Crippen LogP contribution in [0.15, 0.2) is 47.4 Å². The first-order valence-corrected chi connectivity index (χ1v) is 15.6. The first-order valence-electron chi connectivity index (χ1n) is 13.4. The number of nitrogens with zero attached hydrogens (tertiary/aromatic N) is 3. The second-order valence-electron chi connectivity index (χ2n) is 10.4. The first-order chi connectivity index (χ1) is 19.9. The van der Waals surface area contributed by atoms with E-state index in [0.29, 0.717) is 12.3 Å². The number of sulfonamides is 1. The van der Waals surface area contributed by atoms with Crippen LogP contribution in [0.5, 0.6) is 0 Å². The second-order valence-corrected chi connectivity index (χ2v) is 13.1. The van der Waals surface area contributed by atoms with E-state index in [1.54, 1.807) is 0 Å². The summed E-state index contributed by atoms with van der Waals surface area (Å²) in [7, 11) is -4.38. The van der Waals surface area contributed by atoms with Crippen LogP contribution in [0.4, 0.5) is 5.69 Å². The lowest BCUT2D eigenvalue weighted by atomic mass is 10.0. The number of hydrogen-bond acceptors (Lipinski definition) is 7. The van der Waals surface area contributed by atoms with Gasteiger partial charge < -0.3 is 15.3 Å². The molecule has 1 aliphatic carbocycles. The van der Waals surface area contributed by atoms with Gasteiger partial charge in [-0.1, -0.05) is 61.0 Å². The van der Waals surface area contributed by atoms with Gasteiger partial charge in [0, 0.05) is 31.6 Å². The number of carbonyl (C=O) groups excluding carboxylic acids is 2. The van der Waals surface area contributed by atoms with E-state index in [1.165, 1.54) is 35.2 Å². The van der Waals surface area contributed by atoms with Crippen LogP contribution in [0.25, 0.3) is 0 Å². The monoisotopic (exact) mass is 640 g/mol. The van der Waals surface area contributed by atoms with Crippen LogP contribution in [0.1, 0.15) is 56.6 Å². The van der Waals surface area contributed by atoms with Gasteiger partial charge in [0.2, 0.25) is 15.9 Å². The molecule has 2 fully saturated rings. The summed E-state index contributed by atoms with van der Waals surface area (Å²) < 4.78 is 28.4. The molecule has 1 heterocycles. The summed E-state index contributed by atoms with van der Waals surface area (Å²) >= 11 is 12.0. The third-order valence-electron chi connectivity index (χ3n) is 7.60. The lowest BCUT2D eigenvalue weighted by Gasteiger charge is -2.30. The highest BCUT2D eigenvalue weighted by molar-refractivity contribution is 7.89. The smallest absolute Gasteiger partial charge is 0.305 e. The maximum absolute atomic E-state index is 13.8. The first kappa shape index (κ1) is 31.7. The fourth-order valence-electron chi connectivity index (χ4n) is 5.46. The number of carbonyl (C=O) groups is 3. The van der Waals surface area contributed by atoms with Gasteiger partial charge in [-0.25, -0.2) is 8.42 Å². The summed E-state index contributed by atoms with van der Waals surface area (Å²) in [6.07, 6.45) is 2.66. The molecular formula is C27H30Cl2N4O8S. The molecule has 0 aromatic heterocycles. The Morgan fingerprint density at radius 2 is 1.79 bits per heavy atom. The Labute approximate surface area is 252 Å². The van der Waals surface area contributed by atoms with Crippen molar-refractivity contribution in [3.8, 4) is 0 Å². The third-order valence-corrected chi connectivity index (χ3v) is 10.2. The topological polar surface area (TPSA) is 167 Å². The van der Waals surface area contributed by atoms with Gasteiger partial charge in [0.25, 0.3) is 11.6 Å². The van der Waals surface area contributed by atoms with Crippen molar-refractivity contribution >= 4 is 56.7 Å². The predicted molar refractivity (Wildman–Crippen MR) is 153 cm³/mol. The highest BCUT2D eigenvalue weighted by Crippen LogP contribution is 2.32. The number of benzene rings is 2. The SMILES string of the molecule is O=C(O)CC(NC(=O)C1N(C(=O)CCC2CCCC2)CCN1S(=O)(=O)c1ccc(Cl)c(Cl)c1)c1cccc([N+](=O)[O-])c1. The molecule has 2 aromatic carbocycles. The Kier molecular flexibility index (Phi) is 10.1. The van der Waals surface area contributed by atoms with Gasteiger partial charge >= 0.3 is 5.97 Å². The molecule has 0 radical (unpaired) electrons. The Hall–Kier alpha value is -3.26. The molecular weight excluding hydrogens is 611 g/mol. The van der Waals surface area contributed by atoms with Gasteiger partial charge in [-0.15, -0.1) is 0 Å². The molecule has 2 N–H and O–H groups in total. The molecule has 2 aromatic rings. The lowest BCUT2D eigenvalue weighted by Crippen LogP contribution is -2.54. The molecule has 226 valence electrons. The molecule has 4 rings (SSSR count). The molecule has 2 aliphatic rings. The Balaban J connectivity index is 1.67.